The van der Waals surface area contributed by atoms with Crippen molar-refractivity contribution in [2.75, 3.05) is 24.0 Å². The summed E-state index contributed by atoms with van der Waals surface area (Å²) in [6.45, 7) is 0. The van der Waals surface area contributed by atoms with E-state index in [1.165, 1.54) is 12.1 Å². The molecule has 2 heterocycles. The Kier molecular flexibility index (Phi) is 7.03. The van der Waals surface area contributed by atoms with Gasteiger partial charge in [-0.3, -0.25) is 0 Å². The zero-order valence-corrected chi connectivity index (χ0v) is 25.9. The van der Waals surface area contributed by atoms with Gasteiger partial charge in [0.05, 0.1) is 53.9 Å². The molecule has 0 saturated carbocycles. The van der Waals surface area contributed by atoms with Gasteiger partial charge in [-0.1, -0.05) is 60.7 Å². The lowest BCUT2D eigenvalue weighted by atomic mass is 9.96. The Morgan fingerprint density at radius 3 is 1.72 bits per heavy atom. The van der Waals surface area contributed by atoms with Crippen LogP contribution in [0.5, 0.6) is 11.5 Å². The molecule has 0 radical (unpaired) electrons. The van der Waals surface area contributed by atoms with Crippen molar-refractivity contribution >= 4 is 45.0 Å². The van der Waals surface area contributed by atoms with Crippen molar-refractivity contribution in [2.24, 2.45) is 0 Å². The van der Waals surface area contributed by atoms with E-state index in [1.54, 1.807) is 26.4 Å². The summed E-state index contributed by atoms with van der Waals surface area (Å²) in [7, 11) is 3.27. The summed E-state index contributed by atoms with van der Waals surface area (Å²) in [5, 5.41) is 0.973. The van der Waals surface area contributed by atoms with Crippen molar-refractivity contribution in [3.63, 3.8) is 0 Å². The summed E-state index contributed by atoms with van der Waals surface area (Å²) in [4.78, 5) is 9.90. The number of hydrogen-bond acceptors (Lipinski definition) is 5. The molecule has 0 bridgehead atoms. The van der Waals surface area contributed by atoms with Crippen molar-refractivity contribution in [1.29, 1.82) is 0 Å². The number of benzene rings is 6. The number of pyridine rings is 1. The Bertz CT molecular complexity index is 2210. The second-order valence-electron chi connectivity index (χ2n) is 11.3. The number of hydrogen-bond donors (Lipinski definition) is 0. The Balaban J connectivity index is 1.41. The lowest BCUT2D eigenvalue weighted by Gasteiger charge is -2.40. The first kappa shape index (κ1) is 28.3. The molecular formula is C41H30FN3O2. The molecule has 0 amide bonds. The number of methoxy groups -OCH3 is 2. The fraction of sp³-hybridized carbons (Fsp3) is 0.0488. The number of aromatic nitrogens is 1. The van der Waals surface area contributed by atoms with Crippen LogP contribution in [0.25, 0.3) is 33.3 Å². The molecule has 0 spiro atoms. The van der Waals surface area contributed by atoms with Crippen LogP contribution in [0, 0.1) is 5.82 Å². The van der Waals surface area contributed by atoms with E-state index in [-0.39, 0.29) is 5.82 Å². The third kappa shape index (κ3) is 4.82. The number of fused-ring (bicyclic) bond motifs is 3. The van der Waals surface area contributed by atoms with Crippen LogP contribution in [0.15, 0.2) is 146 Å². The second-order valence-corrected chi connectivity index (χ2v) is 11.3. The highest BCUT2D eigenvalue weighted by molar-refractivity contribution is 6.09. The zero-order valence-electron chi connectivity index (χ0n) is 25.9. The van der Waals surface area contributed by atoms with Gasteiger partial charge in [0, 0.05) is 16.6 Å². The molecule has 6 heteroatoms. The highest BCUT2D eigenvalue weighted by atomic mass is 19.1. The van der Waals surface area contributed by atoms with E-state index in [4.69, 9.17) is 14.5 Å². The molecule has 0 atom stereocenters. The van der Waals surface area contributed by atoms with Crippen LogP contribution >= 0.6 is 0 Å². The third-order valence-electron chi connectivity index (χ3n) is 8.64. The highest BCUT2D eigenvalue weighted by Gasteiger charge is 2.31. The van der Waals surface area contributed by atoms with Gasteiger partial charge < -0.3 is 19.3 Å². The normalized spacial score (nSPS) is 12.1. The maximum absolute atomic E-state index is 14.0. The first-order valence-electron chi connectivity index (χ1n) is 15.4. The van der Waals surface area contributed by atoms with E-state index in [9.17, 15) is 4.39 Å². The molecule has 47 heavy (non-hydrogen) atoms. The monoisotopic (exact) mass is 615 g/mol. The topological polar surface area (TPSA) is 37.8 Å². The first-order valence-corrected chi connectivity index (χ1v) is 15.4. The Hall–Kier alpha value is -6.14. The van der Waals surface area contributed by atoms with Crippen LogP contribution in [0.4, 0.5) is 38.5 Å². The van der Waals surface area contributed by atoms with E-state index in [0.717, 1.165) is 67.4 Å². The lowest BCUT2D eigenvalue weighted by molar-refractivity contribution is 0.355. The van der Waals surface area contributed by atoms with E-state index >= 15 is 0 Å². The SMILES string of the molecule is COc1ccc(-c2cc(-c3ccc(F)cc3)nc3c(N4c5ccccc5N(c5ccccc5)c5ccccc54)cccc23)cc1OC. The quantitative estimate of drug-likeness (QED) is 0.186. The van der Waals surface area contributed by atoms with Gasteiger partial charge in [-0.25, -0.2) is 9.37 Å². The van der Waals surface area contributed by atoms with Gasteiger partial charge in [0.2, 0.25) is 0 Å². The highest BCUT2D eigenvalue weighted by Crippen LogP contribution is 2.55. The summed E-state index contributed by atoms with van der Waals surface area (Å²) in [5.74, 6) is 0.993. The summed E-state index contributed by atoms with van der Waals surface area (Å²) >= 11 is 0. The predicted molar refractivity (Wildman–Crippen MR) is 189 cm³/mol. The molecule has 0 aliphatic carbocycles. The first-order chi connectivity index (χ1) is 23.1. The standard InChI is InChI=1S/C41H30FN3O2/c1-46-39-24-21-28(25-40(39)47-2)32-26-33(27-19-22-29(42)23-20-27)43-41-31(32)13-10-18-38(41)45-36-16-8-6-14-34(36)44(30-11-4-3-5-12-30)35-15-7-9-17-37(35)45/h3-26H,1-2H3. The van der Waals surface area contributed by atoms with E-state index in [1.807, 2.05) is 24.3 Å². The van der Waals surface area contributed by atoms with Crippen molar-refractivity contribution < 1.29 is 13.9 Å². The molecule has 5 nitrogen and oxygen atoms in total. The van der Waals surface area contributed by atoms with Crippen LogP contribution in [0.2, 0.25) is 0 Å². The smallest absolute Gasteiger partial charge is 0.161 e. The molecule has 1 aromatic heterocycles. The molecule has 1 aliphatic rings. The van der Waals surface area contributed by atoms with Crippen molar-refractivity contribution in [2.45, 2.75) is 0 Å². The molecule has 0 unspecified atom stereocenters. The number of nitrogens with zero attached hydrogens (tertiary/aromatic N) is 3. The maximum atomic E-state index is 14.0. The van der Waals surface area contributed by atoms with Gasteiger partial charge in [-0.15, -0.1) is 0 Å². The Morgan fingerprint density at radius 2 is 1.09 bits per heavy atom. The molecule has 228 valence electrons. The van der Waals surface area contributed by atoms with Gasteiger partial charge in [0.25, 0.3) is 0 Å². The molecule has 6 aromatic carbocycles. The van der Waals surface area contributed by atoms with Gasteiger partial charge in [0.1, 0.15) is 5.82 Å². The minimum absolute atomic E-state index is 0.292. The lowest BCUT2D eigenvalue weighted by Crippen LogP contribution is -2.24. The fourth-order valence-electron chi connectivity index (χ4n) is 6.48. The third-order valence-corrected chi connectivity index (χ3v) is 8.64. The molecule has 7 aromatic rings. The van der Waals surface area contributed by atoms with E-state index < -0.39 is 0 Å². The number of ether oxygens (including phenoxy) is 2. The minimum atomic E-state index is -0.292. The molecular weight excluding hydrogens is 585 g/mol. The maximum Gasteiger partial charge on any atom is 0.161 e. The van der Waals surface area contributed by atoms with Crippen LogP contribution in [0.1, 0.15) is 0 Å². The number of rotatable bonds is 6. The molecule has 8 rings (SSSR count). The van der Waals surface area contributed by atoms with Crippen molar-refractivity contribution in [3.8, 4) is 33.9 Å². The van der Waals surface area contributed by atoms with Gasteiger partial charge in [0.15, 0.2) is 11.5 Å². The van der Waals surface area contributed by atoms with Crippen molar-refractivity contribution in [1.82, 2.24) is 4.98 Å². The summed E-state index contributed by atoms with van der Waals surface area (Å²) in [6.07, 6.45) is 0. The summed E-state index contributed by atoms with van der Waals surface area (Å²) < 4.78 is 25.3. The summed E-state index contributed by atoms with van der Waals surface area (Å²) in [5.41, 5.74) is 10.5. The average Bonchev–Trinajstić information content (AvgIpc) is 3.13. The van der Waals surface area contributed by atoms with Crippen LogP contribution < -0.4 is 19.3 Å². The van der Waals surface area contributed by atoms with Gasteiger partial charge >= 0.3 is 0 Å². The molecule has 0 saturated heterocycles. The largest absolute Gasteiger partial charge is 0.493 e. The summed E-state index contributed by atoms with van der Waals surface area (Å²) in [6, 6.07) is 48.1. The molecule has 0 N–H and O–H groups in total. The Morgan fingerprint density at radius 1 is 0.511 bits per heavy atom. The predicted octanol–water partition coefficient (Wildman–Crippen LogP) is 11.0. The van der Waals surface area contributed by atoms with Crippen LogP contribution in [0.3, 0.4) is 0 Å². The number of halogens is 1. The Labute approximate surface area is 272 Å². The second kappa shape index (κ2) is 11.7. The molecule has 1 aliphatic heterocycles. The van der Waals surface area contributed by atoms with Crippen LogP contribution in [-0.4, -0.2) is 19.2 Å². The minimum Gasteiger partial charge on any atom is -0.493 e. The number of para-hydroxylation sites is 6. The van der Waals surface area contributed by atoms with E-state index in [2.05, 4.69) is 107 Å². The van der Waals surface area contributed by atoms with Gasteiger partial charge in [-0.05, 0) is 96.1 Å². The molecule has 0 fully saturated rings. The van der Waals surface area contributed by atoms with Crippen LogP contribution in [-0.2, 0) is 0 Å². The van der Waals surface area contributed by atoms with Crippen molar-refractivity contribution in [3.05, 3.63) is 151 Å². The zero-order chi connectivity index (χ0) is 31.9. The average molecular weight is 616 g/mol. The number of anilines is 6. The van der Waals surface area contributed by atoms with E-state index in [0.29, 0.717) is 11.5 Å². The van der Waals surface area contributed by atoms with Gasteiger partial charge in [-0.2, -0.15) is 0 Å². The fourth-order valence-corrected chi connectivity index (χ4v) is 6.48.